The Morgan fingerprint density at radius 2 is 1.43 bits per heavy atom. The normalized spacial score (nSPS) is 17.1. The molecule has 0 aliphatic carbocycles. The number of hydrogen-bond acceptors (Lipinski definition) is 3. The maximum atomic E-state index is 13.4. The van der Waals surface area contributed by atoms with Crippen LogP contribution in [0.3, 0.4) is 0 Å². The fourth-order valence-electron chi connectivity index (χ4n) is 5.12. The van der Waals surface area contributed by atoms with Crippen molar-refractivity contribution >= 4 is 51.7 Å². The first-order chi connectivity index (χ1) is 17.0. The zero-order chi connectivity index (χ0) is 24.5. The number of rotatable bonds is 5. The summed E-state index contributed by atoms with van der Waals surface area (Å²) in [5.74, 6) is -0.785. The number of aryl methyl sites for hydroxylation is 1. The Morgan fingerprint density at radius 3 is 1.97 bits per heavy atom. The first-order valence-corrected chi connectivity index (χ1v) is 13.2. The van der Waals surface area contributed by atoms with Gasteiger partial charge in [0.25, 0.3) is 11.8 Å². The van der Waals surface area contributed by atoms with E-state index in [1.807, 2.05) is 42.2 Å². The molecule has 2 heterocycles. The van der Waals surface area contributed by atoms with Crippen LogP contribution >= 0.6 is 34.2 Å². The van der Waals surface area contributed by atoms with Gasteiger partial charge in [-0.05, 0) is 53.3 Å². The van der Waals surface area contributed by atoms with Gasteiger partial charge >= 0.3 is 0 Å². The molecule has 2 amide bonds. The van der Waals surface area contributed by atoms with Gasteiger partial charge in [-0.15, -0.1) is 0 Å². The second-order valence-corrected chi connectivity index (χ2v) is 10.6. The number of piperazine rings is 1. The summed E-state index contributed by atoms with van der Waals surface area (Å²) >= 11 is 8.71. The molecule has 0 atom stereocenters. The zero-order valence-corrected chi connectivity index (χ0v) is 22.3. The Balaban J connectivity index is 1.37. The van der Waals surface area contributed by atoms with E-state index in [9.17, 15) is 9.59 Å². The highest BCUT2D eigenvalue weighted by Gasteiger charge is 2.43. The minimum Gasteiger partial charge on any atom is -0.354 e. The van der Waals surface area contributed by atoms with Crippen molar-refractivity contribution < 1.29 is 14.5 Å². The summed E-state index contributed by atoms with van der Waals surface area (Å²) in [6.07, 6.45) is 0. The van der Waals surface area contributed by atoms with Gasteiger partial charge in [-0.2, -0.15) is 0 Å². The Kier molecular flexibility index (Phi) is 6.95. The maximum Gasteiger partial charge on any atom is 0.283 e. The number of carbonyl (C=O) groups is 2. The van der Waals surface area contributed by atoms with Crippen LogP contribution in [0.1, 0.15) is 22.7 Å². The molecule has 1 fully saturated rings. The molecule has 0 unspecified atom stereocenters. The van der Waals surface area contributed by atoms with Gasteiger partial charge in [-0.1, -0.05) is 72.3 Å². The van der Waals surface area contributed by atoms with E-state index in [1.54, 1.807) is 0 Å². The van der Waals surface area contributed by atoms with E-state index in [1.165, 1.54) is 20.9 Å². The number of nitrogens with zero attached hydrogens (tertiary/aromatic N) is 2. The molecule has 1 N–H and O–H groups in total. The summed E-state index contributed by atoms with van der Waals surface area (Å²) in [5.41, 5.74) is 4.32. The molecule has 1 saturated heterocycles. The van der Waals surface area contributed by atoms with Crippen LogP contribution < -0.4 is 9.80 Å². The maximum absolute atomic E-state index is 13.4. The average Bonchev–Trinajstić information content (AvgIpc) is 3.09. The van der Waals surface area contributed by atoms with Crippen LogP contribution in [-0.2, 0) is 9.59 Å². The van der Waals surface area contributed by atoms with Crippen molar-refractivity contribution in [3.63, 3.8) is 0 Å². The summed E-state index contributed by atoms with van der Waals surface area (Å²) in [7, 11) is 0. The van der Waals surface area contributed by atoms with Crippen molar-refractivity contribution in [2.24, 2.45) is 0 Å². The Morgan fingerprint density at radius 1 is 0.857 bits per heavy atom. The van der Waals surface area contributed by atoms with Crippen LogP contribution in [0.5, 0.6) is 0 Å². The molecule has 7 heteroatoms. The zero-order valence-electron chi connectivity index (χ0n) is 19.4. The smallest absolute Gasteiger partial charge is 0.283 e. The summed E-state index contributed by atoms with van der Waals surface area (Å²) in [6.45, 7) is 4.85. The minimum absolute atomic E-state index is 0.0130. The molecular formula is C28H26ClIN3O2+. The highest BCUT2D eigenvalue weighted by Crippen LogP contribution is 2.33. The number of hydrogen-bond donors (Lipinski definition) is 1. The predicted octanol–water partition coefficient (Wildman–Crippen LogP) is 3.91. The molecule has 2 aliphatic rings. The standard InChI is InChI=1S/C28H25ClIN3O2/c1-19-18-22(30)12-13-23(19)33-27(34)24(29)26(28(33)35)32-16-14-31(15-17-32)25(20-8-4-2-5-9-20)21-10-6-3-7-11-21/h2-13,18,25H,14-17H2,1H3/p+1. The Labute approximate surface area is 224 Å². The average molecular weight is 599 g/mol. The van der Waals surface area contributed by atoms with Crippen LogP contribution in [0, 0.1) is 10.5 Å². The molecule has 0 aromatic heterocycles. The Hall–Kier alpha value is -2.68. The van der Waals surface area contributed by atoms with Gasteiger partial charge in [0.1, 0.15) is 16.8 Å². The van der Waals surface area contributed by atoms with Gasteiger partial charge in [0.05, 0.1) is 31.9 Å². The number of carbonyl (C=O) groups excluding carboxylic acids is 2. The topological polar surface area (TPSA) is 45.1 Å². The lowest BCUT2D eigenvalue weighted by Crippen LogP contribution is -3.15. The lowest BCUT2D eigenvalue weighted by atomic mass is 9.96. The highest BCUT2D eigenvalue weighted by molar-refractivity contribution is 14.1. The van der Waals surface area contributed by atoms with Crippen LogP contribution in [0.4, 0.5) is 5.69 Å². The van der Waals surface area contributed by atoms with E-state index in [-0.39, 0.29) is 17.0 Å². The number of halogens is 2. The van der Waals surface area contributed by atoms with Crippen molar-refractivity contribution in [3.05, 3.63) is 110 Å². The van der Waals surface area contributed by atoms with Gasteiger partial charge in [-0.25, -0.2) is 4.90 Å². The first-order valence-electron chi connectivity index (χ1n) is 11.7. The first kappa shape index (κ1) is 24.0. The summed E-state index contributed by atoms with van der Waals surface area (Å²) in [4.78, 5) is 31.1. The molecular weight excluding hydrogens is 573 g/mol. The molecule has 3 aromatic carbocycles. The van der Waals surface area contributed by atoms with E-state index in [0.29, 0.717) is 24.5 Å². The van der Waals surface area contributed by atoms with E-state index in [4.69, 9.17) is 11.6 Å². The number of imide groups is 1. The fourth-order valence-corrected chi connectivity index (χ4v) is 6.05. The third-order valence-electron chi connectivity index (χ3n) is 6.80. The van der Waals surface area contributed by atoms with Gasteiger partial charge < -0.3 is 9.80 Å². The third-order valence-corrected chi connectivity index (χ3v) is 7.81. The van der Waals surface area contributed by atoms with Crippen molar-refractivity contribution in [1.82, 2.24) is 4.90 Å². The van der Waals surface area contributed by atoms with Crippen LogP contribution in [0.25, 0.3) is 0 Å². The van der Waals surface area contributed by atoms with E-state index < -0.39 is 5.91 Å². The monoisotopic (exact) mass is 598 g/mol. The number of benzene rings is 3. The van der Waals surface area contributed by atoms with E-state index in [0.717, 1.165) is 22.2 Å². The molecule has 0 saturated carbocycles. The lowest BCUT2D eigenvalue weighted by molar-refractivity contribution is -0.929. The van der Waals surface area contributed by atoms with Crippen LogP contribution in [0.2, 0.25) is 0 Å². The molecule has 2 aliphatic heterocycles. The van der Waals surface area contributed by atoms with Crippen LogP contribution in [0.15, 0.2) is 89.6 Å². The molecule has 178 valence electrons. The van der Waals surface area contributed by atoms with Crippen molar-refractivity contribution in [2.75, 3.05) is 31.1 Å². The van der Waals surface area contributed by atoms with E-state index >= 15 is 0 Å². The second kappa shape index (κ2) is 10.1. The highest BCUT2D eigenvalue weighted by atomic mass is 127. The van der Waals surface area contributed by atoms with Gasteiger partial charge in [0, 0.05) is 14.7 Å². The minimum atomic E-state index is -0.447. The fraction of sp³-hybridized carbons (Fsp3) is 0.214. The van der Waals surface area contributed by atoms with Crippen LogP contribution in [-0.4, -0.2) is 42.9 Å². The van der Waals surface area contributed by atoms with Crippen molar-refractivity contribution in [3.8, 4) is 0 Å². The summed E-state index contributed by atoms with van der Waals surface area (Å²) in [6, 6.07) is 27.0. The summed E-state index contributed by atoms with van der Waals surface area (Å²) < 4.78 is 1.05. The van der Waals surface area contributed by atoms with Crippen molar-refractivity contribution in [1.29, 1.82) is 0 Å². The second-order valence-electron chi connectivity index (χ2n) is 8.94. The van der Waals surface area contributed by atoms with Gasteiger partial charge in [0.2, 0.25) is 0 Å². The SMILES string of the molecule is Cc1cc(I)ccc1N1C(=O)C(Cl)=C(N2CC[NH+](C(c3ccccc3)c3ccccc3)CC2)C1=O. The molecule has 0 spiro atoms. The molecule has 0 bridgehead atoms. The Bertz CT molecular complexity index is 1250. The van der Waals surface area contributed by atoms with Crippen molar-refractivity contribution in [2.45, 2.75) is 13.0 Å². The summed E-state index contributed by atoms with van der Waals surface area (Å²) in [5, 5.41) is 0.0130. The van der Waals surface area contributed by atoms with Gasteiger partial charge in [-0.3, -0.25) is 9.59 Å². The van der Waals surface area contributed by atoms with E-state index in [2.05, 4.69) is 71.1 Å². The number of amides is 2. The number of nitrogens with one attached hydrogen (secondary N) is 1. The molecule has 35 heavy (non-hydrogen) atoms. The number of anilines is 1. The molecule has 0 radical (unpaired) electrons. The quantitative estimate of drug-likeness (QED) is 0.358. The molecule has 5 nitrogen and oxygen atoms in total. The predicted molar refractivity (Wildman–Crippen MR) is 146 cm³/mol. The number of quaternary nitrogens is 1. The molecule has 5 rings (SSSR count). The lowest BCUT2D eigenvalue weighted by Gasteiger charge is -2.38. The molecule has 3 aromatic rings. The van der Waals surface area contributed by atoms with Gasteiger partial charge in [0.15, 0.2) is 0 Å². The third kappa shape index (κ3) is 4.62. The largest absolute Gasteiger partial charge is 0.354 e.